The van der Waals surface area contributed by atoms with Crippen LogP contribution in [0.5, 0.6) is 0 Å². The molecule has 2 fully saturated rings. The van der Waals surface area contributed by atoms with E-state index in [1.54, 1.807) is 11.3 Å². The first kappa shape index (κ1) is 13.1. The third kappa shape index (κ3) is 2.82. The molecule has 5 heteroatoms. The van der Waals surface area contributed by atoms with Crippen LogP contribution < -0.4 is 0 Å². The fraction of sp³-hybridized carbons (Fsp3) is 0.714. The highest BCUT2D eigenvalue weighted by Crippen LogP contribution is 2.41. The van der Waals surface area contributed by atoms with Crippen LogP contribution in [0, 0.1) is 0 Å². The second-order valence-electron chi connectivity index (χ2n) is 5.86. The predicted octanol–water partition coefficient (Wildman–Crippen LogP) is 2.19. The molecule has 1 saturated heterocycles. The number of thiazole rings is 1. The molecule has 1 saturated carbocycles. The summed E-state index contributed by atoms with van der Waals surface area (Å²) in [5, 5.41) is 3.10. The zero-order chi connectivity index (χ0) is 13.4. The molecule has 3 rings (SSSR count). The molecule has 1 aliphatic carbocycles. The normalized spacial score (nSPS) is 23.9. The molecule has 2 heterocycles. The van der Waals surface area contributed by atoms with Gasteiger partial charge in [-0.3, -0.25) is 4.79 Å². The number of carbonyl (C=O) groups excluding carboxylic acids is 1. The summed E-state index contributed by atoms with van der Waals surface area (Å²) >= 11 is 1.65. The molecule has 0 N–H and O–H groups in total. The van der Waals surface area contributed by atoms with E-state index in [0.717, 1.165) is 24.5 Å². The number of piperidine rings is 1. The molecule has 1 aliphatic heterocycles. The Morgan fingerprint density at radius 2 is 2.21 bits per heavy atom. The van der Waals surface area contributed by atoms with Crippen LogP contribution in [-0.2, 0) is 0 Å². The number of likely N-dealkylation sites (tertiary alicyclic amines) is 1. The van der Waals surface area contributed by atoms with Crippen molar-refractivity contribution in [3.8, 4) is 0 Å². The SMILES string of the molecule is CN(C)C1CCCN(C(=O)c2csc(C3CC3)n2)C1. The Bertz CT molecular complexity index is 467. The van der Waals surface area contributed by atoms with Crippen LogP contribution in [-0.4, -0.2) is 53.9 Å². The van der Waals surface area contributed by atoms with Crippen LogP contribution in [0.25, 0.3) is 0 Å². The zero-order valence-electron chi connectivity index (χ0n) is 11.6. The molecule has 1 aromatic heterocycles. The maximum atomic E-state index is 12.5. The summed E-state index contributed by atoms with van der Waals surface area (Å²) in [5.74, 6) is 0.761. The Balaban J connectivity index is 1.68. The van der Waals surface area contributed by atoms with Gasteiger partial charge in [0.15, 0.2) is 0 Å². The molecule has 0 aromatic carbocycles. The summed E-state index contributed by atoms with van der Waals surface area (Å²) in [4.78, 5) is 21.2. The largest absolute Gasteiger partial charge is 0.336 e. The molecule has 0 bridgehead atoms. The zero-order valence-corrected chi connectivity index (χ0v) is 12.4. The van der Waals surface area contributed by atoms with Crippen molar-refractivity contribution in [2.45, 2.75) is 37.6 Å². The molecule has 104 valence electrons. The van der Waals surface area contributed by atoms with Gasteiger partial charge in [0.25, 0.3) is 5.91 Å². The van der Waals surface area contributed by atoms with Crippen molar-refractivity contribution < 1.29 is 4.79 Å². The van der Waals surface area contributed by atoms with E-state index in [1.165, 1.54) is 19.3 Å². The van der Waals surface area contributed by atoms with Crippen molar-refractivity contribution in [2.75, 3.05) is 27.2 Å². The number of likely N-dealkylation sites (N-methyl/N-ethyl adjacent to an activating group) is 1. The second-order valence-corrected chi connectivity index (χ2v) is 6.75. The van der Waals surface area contributed by atoms with Gasteiger partial charge in [-0.05, 0) is 39.8 Å². The lowest BCUT2D eigenvalue weighted by molar-refractivity contribution is 0.0630. The van der Waals surface area contributed by atoms with Gasteiger partial charge in [0.1, 0.15) is 5.69 Å². The maximum Gasteiger partial charge on any atom is 0.273 e. The summed E-state index contributed by atoms with van der Waals surface area (Å²) in [5.41, 5.74) is 0.659. The second kappa shape index (κ2) is 5.21. The van der Waals surface area contributed by atoms with E-state index < -0.39 is 0 Å². The molecule has 1 atom stereocenters. The van der Waals surface area contributed by atoms with Crippen LogP contribution in [0.4, 0.5) is 0 Å². The fourth-order valence-electron chi connectivity index (χ4n) is 2.63. The van der Waals surface area contributed by atoms with Gasteiger partial charge in [-0.15, -0.1) is 11.3 Å². The van der Waals surface area contributed by atoms with E-state index >= 15 is 0 Å². The number of nitrogens with zero attached hydrogens (tertiary/aromatic N) is 3. The fourth-order valence-corrected chi connectivity index (χ4v) is 3.59. The van der Waals surface area contributed by atoms with Crippen molar-refractivity contribution in [1.82, 2.24) is 14.8 Å². The lowest BCUT2D eigenvalue weighted by Gasteiger charge is -2.35. The highest BCUT2D eigenvalue weighted by atomic mass is 32.1. The van der Waals surface area contributed by atoms with Crippen molar-refractivity contribution in [2.24, 2.45) is 0 Å². The van der Waals surface area contributed by atoms with Gasteiger partial charge in [-0.25, -0.2) is 4.98 Å². The number of aromatic nitrogens is 1. The van der Waals surface area contributed by atoms with Crippen molar-refractivity contribution in [3.63, 3.8) is 0 Å². The lowest BCUT2D eigenvalue weighted by atomic mass is 10.0. The Morgan fingerprint density at radius 3 is 2.89 bits per heavy atom. The Hall–Kier alpha value is -0.940. The van der Waals surface area contributed by atoms with Gasteiger partial charge in [-0.1, -0.05) is 0 Å². The van der Waals surface area contributed by atoms with E-state index in [-0.39, 0.29) is 5.91 Å². The topological polar surface area (TPSA) is 36.4 Å². The van der Waals surface area contributed by atoms with Crippen LogP contribution in [0.1, 0.15) is 47.1 Å². The summed E-state index contributed by atoms with van der Waals surface area (Å²) in [6.45, 7) is 1.71. The summed E-state index contributed by atoms with van der Waals surface area (Å²) in [7, 11) is 4.18. The molecule has 0 spiro atoms. The van der Waals surface area contributed by atoms with E-state index in [9.17, 15) is 4.79 Å². The van der Waals surface area contributed by atoms with Gasteiger partial charge in [0.2, 0.25) is 0 Å². The Labute approximate surface area is 118 Å². The summed E-state index contributed by atoms with van der Waals surface area (Å²) < 4.78 is 0. The highest BCUT2D eigenvalue weighted by Gasteiger charge is 2.30. The quantitative estimate of drug-likeness (QED) is 0.851. The molecule has 1 amide bonds. The molecule has 0 radical (unpaired) electrons. The first-order valence-corrected chi connectivity index (χ1v) is 7.94. The minimum Gasteiger partial charge on any atom is -0.336 e. The summed E-state index contributed by atoms with van der Waals surface area (Å²) in [6, 6.07) is 0.485. The van der Waals surface area contributed by atoms with Crippen molar-refractivity contribution in [1.29, 1.82) is 0 Å². The van der Waals surface area contributed by atoms with E-state index in [1.807, 2.05) is 10.3 Å². The first-order chi connectivity index (χ1) is 9.15. The smallest absolute Gasteiger partial charge is 0.273 e. The Kier molecular flexibility index (Phi) is 3.58. The predicted molar refractivity (Wildman–Crippen MR) is 76.7 cm³/mol. The number of rotatable bonds is 3. The molecule has 19 heavy (non-hydrogen) atoms. The number of amides is 1. The molecule has 1 unspecified atom stereocenters. The first-order valence-electron chi connectivity index (χ1n) is 7.06. The molecular formula is C14H21N3OS. The average molecular weight is 279 g/mol. The van der Waals surface area contributed by atoms with Crippen LogP contribution in [0.2, 0.25) is 0 Å². The van der Waals surface area contributed by atoms with Crippen LogP contribution in [0.3, 0.4) is 0 Å². The van der Waals surface area contributed by atoms with Crippen LogP contribution in [0.15, 0.2) is 5.38 Å². The number of hydrogen-bond acceptors (Lipinski definition) is 4. The molecule has 1 aromatic rings. The van der Waals surface area contributed by atoms with Crippen molar-refractivity contribution >= 4 is 17.2 Å². The Morgan fingerprint density at radius 1 is 1.42 bits per heavy atom. The standard InChI is InChI=1S/C14H21N3OS/c1-16(2)11-4-3-7-17(8-11)14(18)12-9-19-13(15-12)10-5-6-10/h9-11H,3-8H2,1-2H3. The van der Waals surface area contributed by atoms with E-state index in [4.69, 9.17) is 0 Å². The van der Waals surface area contributed by atoms with Gasteiger partial charge < -0.3 is 9.80 Å². The van der Waals surface area contributed by atoms with Gasteiger partial charge in [-0.2, -0.15) is 0 Å². The minimum atomic E-state index is 0.120. The average Bonchev–Trinajstić information content (AvgIpc) is 3.16. The lowest BCUT2D eigenvalue weighted by Crippen LogP contribution is -2.47. The summed E-state index contributed by atoms with van der Waals surface area (Å²) in [6.07, 6.45) is 4.76. The third-order valence-electron chi connectivity index (χ3n) is 4.08. The van der Waals surface area contributed by atoms with Gasteiger partial charge >= 0.3 is 0 Å². The van der Waals surface area contributed by atoms with Crippen molar-refractivity contribution in [3.05, 3.63) is 16.1 Å². The monoisotopic (exact) mass is 279 g/mol. The van der Waals surface area contributed by atoms with Gasteiger partial charge in [0, 0.05) is 30.4 Å². The number of carbonyl (C=O) groups is 1. The maximum absolute atomic E-state index is 12.5. The highest BCUT2D eigenvalue weighted by molar-refractivity contribution is 7.10. The van der Waals surface area contributed by atoms with Crippen LogP contribution >= 0.6 is 11.3 Å². The minimum absolute atomic E-state index is 0.120. The number of hydrogen-bond donors (Lipinski definition) is 0. The van der Waals surface area contributed by atoms with E-state index in [0.29, 0.717) is 17.7 Å². The third-order valence-corrected chi connectivity index (χ3v) is 5.09. The molecule has 2 aliphatic rings. The van der Waals surface area contributed by atoms with Gasteiger partial charge in [0.05, 0.1) is 5.01 Å². The van der Waals surface area contributed by atoms with E-state index in [2.05, 4.69) is 24.0 Å². The molecule has 4 nitrogen and oxygen atoms in total. The molecular weight excluding hydrogens is 258 g/mol.